The Morgan fingerprint density at radius 2 is 2.09 bits per heavy atom. The maximum atomic E-state index is 12.5. The summed E-state index contributed by atoms with van der Waals surface area (Å²) in [6.45, 7) is 1.47. The van der Waals surface area contributed by atoms with Crippen molar-refractivity contribution in [2.45, 2.75) is 31.7 Å². The van der Waals surface area contributed by atoms with E-state index in [1.54, 1.807) is 0 Å². The standard InChI is InChI=1S/C13H13F3N2O4/c1-6-7(2-3-9(17-6)13(14,15)16)11(19)18-8-4-5-22-10(8)12(20)21/h2-3,8,10H,4-5H2,1H3,(H,18,19)(H,20,21)/t8-,10+/m1/s1. The van der Waals surface area contributed by atoms with Gasteiger partial charge in [-0.1, -0.05) is 0 Å². The molecule has 120 valence electrons. The summed E-state index contributed by atoms with van der Waals surface area (Å²) in [6, 6.07) is 1.00. The molecule has 1 aromatic heterocycles. The number of carboxylic acid groups (broad SMARTS) is 1. The van der Waals surface area contributed by atoms with Crippen LogP contribution in [0, 0.1) is 6.92 Å². The molecule has 0 spiro atoms. The Morgan fingerprint density at radius 3 is 2.64 bits per heavy atom. The Kier molecular flexibility index (Phi) is 4.36. The Bertz CT molecular complexity index is 603. The summed E-state index contributed by atoms with van der Waals surface area (Å²) in [7, 11) is 0. The van der Waals surface area contributed by atoms with Crippen LogP contribution in [-0.4, -0.2) is 40.7 Å². The SMILES string of the molecule is Cc1nc(C(F)(F)F)ccc1C(=O)N[C@@H]1CCO[C@@H]1C(=O)O. The molecule has 1 aromatic rings. The van der Waals surface area contributed by atoms with E-state index in [0.29, 0.717) is 12.5 Å². The van der Waals surface area contributed by atoms with Crippen LogP contribution in [0.5, 0.6) is 0 Å². The van der Waals surface area contributed by atoms with E-state index < -0.39 is 35.9 Å². The molecule has 1 fully saturated rings. The zero-order chi connectivity index (χ0) is 16.5. The number of rotatable bonds is 3. The van der Waals surface area contributed by atoms with E-state index in [1.807, 2.05) is 0 Å². The number of hydrogen-bond donors (Lipinski definition) is 2. The number of aromatic nitrogens is 1. The number of amides is 1. The van der Waals surface area contributed by atoms with E-state index in [4.69, 9.17) is 9.84 Å². The lowest BCUT2D eigenvalue weighted by Crippen LogP contribution is -2.44. The molecule has 2 atom stereocenters. The van der Waals surface area contributed by atoms with E-state index in [-0.39, 0.29) is 17.9 Å². The van der Waals surface area contributed by atoms with Crippen molar-refractivity contribution in [1.29, 1.82) is 0 Å². The van der Waals surface area contributed by atoms with E-state index in [1.165, 1.54) is 6.92 Å². The molecule has 22 heavy (non-hydrogen) atoms. The van der Waals surface area contributed by atoms with Gasteiger partial charge < -0.3 is 15.2 Å². The highest BCUT2D eigenvalue weighted by Gasteiger charge is 2.36. The molecule has 0 saturated carbocycles. The molecule has 0 aromatic carbocycles. The number of aryl methyl sites for hydroxylation is 1. The summed E-state index contributed by atoms with van der Waals surface area (Å²) < 4.78 is 42.5. The van der Waals surface area contributed by atoms with Gasteiger partial charge in [0.05, 0.1) is 17.3 Å². The summed E-state index contributed by atoms with van der Waals surface area (Å²) in [6.07, 6.45) is -5.44. The first-order valence-electron chi connectivity index (χ1n) is 6.40. The van der Waals surface area contributed by atoms with Crippen LogP contribution in [0.15, 0.2) is 12.1 Å². The molecule has 2 heterocycles. The largest absolute Gasteiger partial charge is 0.479 e. The summed E-state index contributed by atoms with van der Waals surface area (Å²) in [4.78, 5) is 26.4. The number of carbonyl (C=O) groups is 2. The smallest absolute Gasteiger partial charge is 0.433 e. The Balaban J connectivity index is 2.15. The quantitative estimate of drug-likeness (QED) is 0.879. The van der Waals surface area contributed by atoms with Crippen molar-refractivity contribution < 1.29 is 32.6 Å². The first kappa shape index (κ1) is 16.2. The van der Waals surface area contributed by atoms with E-state index >= 15 is 0 Å². The average Bonchev–Trinajstić information content (AvgIpc) is 2.85. The number of nitrogens with one attached hydrogen (secondary N) is 1. The molecule has 2 N–H and O–H groups in total. The fraction of sp³-hybridized carbons (Fsp3) is 0.462. The van der Waals surface area contributed by atoms with Crippen LogP contribution in [0.1, 0.15) is 28.2 Å². The number of halogens is 3. The predicted octanol–water partition coefficient (Wildman–Crippen LogP) is 1.38. The monoisotopic (exact) mass is 318 g/mol. The van der Waals surface area contributed by atoms with Crippen molar-refractivity contribution in [3.8, 4) is 0 Å². The van der Waals surface area contributed by atoms with Crippen LogP contribution < -0.4 is 5.32 Å². The summed E-state index contributed by atoms with van der Waals surface area (Å²) in [5, 5.41) is 11.4. The third-order valence-electron chi connectivity index (χ3n) is 3.27. The number of ether oxygens (including phenoxy) is 1. The van der Waals surface area contributed by atoms with E-state index in [9.17, 15) is 22.8 Å². The van der Waals surface area contributed by atoms with Gasteiger partial charge in [-0.25, -0.2) is 9.78 Å². The topological polar surface area (TPSA) is 88.5 Å². The summed E-state index contributed by atoms with van der Waals surface area (Å²) in [5.41, 5.74) is -1.21. The first-order valence-corrected chi connectivity index (χ1v) is 6.40. The summed E-state index contributed by atoms with van der Waals surface area (Å²) in [5.74, 6) is -1.88. The minimum atomic E-state index is -4.59. The molecule has 1 saturated heterocycles. The predicted molar refractivity (Wildman–Crippen MR) is 67.2 cm³/mol. The lowest BCUT2D eigenvalue weighted by Gasteiger charge is -2.17. The molecular formula is C13H13F3N2O4. The number of carboxylic acids is 1. The molecular weight excluding hydrogens is 305 g/mol. The lowest BCUT2D eigenvalue weighted by atomic mass is 10.1. The van der Waals surface area contributed by atoms with Gasteiger partial charge in [-0.3, -0.25) is 4.79 Å². The van der Waals surface area contributed by atoms with Crippen molar-refractivity contribution in [3.63, 3.8) is 0 Å². The molecule has 1 amide bonds. The third-order valence-corrected chi connectivity index (χ3v) is 3.27. The van der Waals surface area contributed by atoms with Gasteiger partial charge in [-0.05, 0) is 25.5 Å². The maximum absolute atomic E-state index is 12.5. The minimum Gasteiger partial charge on any atom is -0.479 e. The van der Waals surface area contributed by atoms with Gasteiger partial charge in [-0.2, -0.15) is 13.2 Å². The highest BCUT2D eigenvalue weighted by Crippen LogP contribution is 2.28. The fourth-order valence-corrected chi connectivity index (χ4v) is 2.19. The van der Waals surface area contributed by atoms with Crippen LogP contribution in [0.4, 0.5) is 13.2 Å². The van der Waals surface area contributed by atoms with Crippen LogP contribution in [0.25, 0.3) is 0 Å². The van der Waals surface area contributed by atoms with Crippen LogP contribution >= 0.6 is 0 Å². The van der Waals surface area contributed by atoms with E-state index in [2.05, 4.69) is 10.3 Å². The number of pyridine rings is 1. The Morgan fingerprint density at radius 1 is 1.41 bits per heavy atom. The van der Waals surface area contributed by atoms with Crippen molar-refractivity contribution in [3.05, 3.63) is 29.1 Å². The van der Waals surface area contributed by atoms with Crippen molar-refractivity contribution in [2.24, 2.45) is 0 Å². The zero-order valence-corrected chi connectivity index (χ0v) is 11.5. The maximum Gasteiger partial charge on any atom is 0.433 e. The van der Waals surface area contributed by atoms with Crippen molar-refractivity contribution >= 4 is 11.9 Å². The lowest BCUT2D eigenvalue weighted by molar-refractivity contribution is -0.148. The molecule has 0 bridgehead atoms. The highest BCUT2D eigenvalue weighted by molar-refractivity contribution is 5.95. The number of aliphatic carboxylic acids is 1. The Labute approximate surface area is 123 Å². The van der Waals surface area contributed by atoms with Crippen molar-refractivity contribution in [1.82, 2.24) is 10.3 Å². The molecule has 0 unspecified atom stereocenters. The van der Waals surface area contributed by atoms with Crippen molar-refractivity contribution in [2.75, 3.05) is 6.61 Å². The van der Waals surface area contributed by atoms with Gasteiger partial charge in [0.15, 0.2) is 6.10 Å². The van der Waals surface area contributed by atoms with Gasteiger partial charge >= 0.3 is 12.1 Å². The molecule has 9 heteroatoms. The van der Waals surface area contributed by atoms with Crippen LogP contribution in [0.2, 0.25) is 0 Å². The molecule has 1 aliphatic heterocycles. The van der Waals surface area contributed by atoms with Crippen LogP contribution in [0.3, 0.4) is 0 Å². The normalized spacial score (nSPS) is 21.6. The molecule has 0 radical (unpaired) electrons. The third kappa shape index (κ3) is 3.35. The van der Waals surface area contributed by atoms with E-state index in [0.717, 1.165) is 6.07 Å². The molecule has 1 aliphatic rings. The van der Waals surface area contributed by atoms with Crippen LogP contribution in [-0.2, 0) is 15.7 Å². The first-order chi connectivity index (χ1) is 10.2. The van der Waals surface area contributed by atoms with Gasteiger partial charge in [-0.15, -0.1) is 0 Å². The molecule has 6 nitrogen and oxygen atoms in total. The number of hydrogen-bond acceptors (Lipinski definition) is 4. The number of alkyl halides is 3. The summed E-state index contributed by atoms with van der Waals surface area (Å²) >= 11 is 0. The second-order valence-corrected chi connectivity index (χ2v) is 4.83. The fourth-order valence-electron chi connectivity index (χ4n) is 2.19. The van der Waals surface area contributed by atoms with Gasteiger partial charge in [0.2, 0.25) is 0 Å². The van der Waals surface area contributed by atoms with Gasteiger partial charge in [0, 0.05) is 6.61 Å². The Hall–Kier alpha value is -2.16. The number of nitrogens with zero attached hydrogens (tertiary/aromatic N) is 1. The zero-order valence-electron chi connectivity index (χ0n) is 11.5. The highest BCUT2D eigenvalue weighted by atomic mass is 19.4. The second-order valence-electron chi connectivity index (χ2n) is 4.83. The van der Waals surface area contributed by atoms with Gasteiger partial charge in [0.1, 0.15) is 5.69 Å². The molecule has 0 aliphatic carbocycles. The average molecular weight is 318 g/mol. The number of carbonyl (C=O) groups excluding carboxylic acids is 1. The minimum absolute atomic E-state index is 0.0379. The van der Waals surface area contributed by atoms with Gasteiger partial charge in [0.25, 0.3) is 5.91 Å². The molecule has 2 rings (SSSR count). The second kappa shape index (κ2) is 5.91.